The lowest BCUT2D eigenvalue weighted by Gasteiger charge is -2.33. The molecule has 37 heavy (non-hydrogen) atoms. The van der Waals surface area contributed by atoms with Gasteiger partial charge in [-0.3, -0.25) is 4.79 Å². The molecule has 1 aliphatic carbocycles. The number of pyridine rings is 1. The van der Waals surface area contributed by atoms with Crippen molar-refractivity contribution in [3.8, 4) is 11.8 Å². The summed E-state index contributed by atoms with van der Waals surface area (Å²) in [6.45, 7) is 2.36. The summed E-state index contributed by atoms with van der Waals surface area (Å²) in [4.78, 5) is 18.8. The topological polar surface area (TPSA) is 97.9 Å². The van der Waals surface area contributed by atoms with Gasteiger partial charge in [0.05, 0.1) is 6.10 Å². The van der Waals surface area contributed by atoms with Crippen LogP contribution in [0.4, 0.5) is 13.2 Å². The maximum atomic E-state index is 12.4. The van der Waals surface area contributed by atoms with Gasteiger partial charge in [-0.15, -0.1) is 0 Å². The van der Waals surface area contributed by atoms with Crippen molar-refractivity contribution in [2.24, 2.45) is 11.8 Å². The van der Waals surface area contributed by atoms with Gasteiger partial charge in [0.1, 0.15) is 12.4 Å². The zero-order valence-corrected chi connectivity index (χ0v) is 21.0. The molecule has 1 N–H and O–H groups in total. The van der Waals surface area contributed by atoms with Gasteiger partial charge in [-0.1, -0.05) is 6.07 Å². The number of rotatable bonds is 10. The van der Waals surface area contributed by atoms with Gasteiger partial charge in [-0.25, -0.2) is 4.98 Å². The standard InChI is InChI=1S/C26H34F3N3O5/c1-17-12-25(31-37-17)35-15-21(33)13-18-2-4-20(5-3-18)23(34)14-32-10-8-19-6-7-24(30-22(19)9-11-32)36-16-26(27,28)29/h6-7,12,18,20,23,34H,2-5,8-11,13-16H2,1H3. The fourth-order valence-corrected chi connectivity index (χ4v) is 5.17. The number of halogens is 3. The van der Waals surface area contributed by atoms with E-state index in [1.165, 1.54) is 6.07 Å². The monoisotopic (exact) mass is 525 g/mol. The van der Waals surface area contributed by atoms with E-state index < -0.39 is 18.9 Å². The number of nitrogens with zero attached hydrogens (tertiary/aromatic N) is 3. The molecule has 0 spiro atoms. The van der Waals surface area contributed by atoms with Crippen molar-refractivity contribution in [3.05, 3.63) is 35.2 Å². The summed E-state index contributed by atoms with van der Waals surface area (Å²) in [5, 5.41) is 14.6. The van der Waals surface area contributed by atoms with Crippen LogP contribution in [-0.4, -0.2) is 71.1 Å². The summed E-state index contributed by atoms with van der Waals surface area (Å²) in [5.74, 6) is 1.46. The number of hydrogen-bond donors (Lipinski definition) is 1. The molecule has 1 saturated carbocycles. The molecule has 1 aliphatic heterocycles. The maximum absolute atomic E-state index is 12.4. The van der Waals surface area contributed by atoms with Crippen LogP contribution in [0, 0.1) is 18.8 Å². The number of fused-ring (bicyclic) bond motifs is 1. The second kappa shape index (κ2) is 12.3. The molecule has 0 bridgehead atoms. The molecule has 2 aromatic heterocycles. The lowest BCUT2D eigenvalue weighted by molar-refractivity contribution is -0.154. The first-order valence-corrected chi connectivity index (χ1v) is 12.8. The van der Waals surface area contributed by atoms with Crippen LogP contribution in [0.25, 0.3) is 0 Å². The number of carbonyl (C=O) groups excluding carboxylic acids is 1. The highest BCUT2D eigenvalue weighted by Crippen LogP contribution is 2.33. The number of ketones is 1. The van der Waals surface area contributed by atoms with E-state index in [-0.39, 0.29) is 24.2 Å². The van der Waals surface area contributed by atoms with Crippen molar-refractivity contribution in [3.63, 3.8) is 0 Å². The van der Waals surface area contributed by atoms with Crippen molar-refractivity contribution in [2.75, 3.05) is 32.8 Å². The number of aryl methyl sites for hydroxylation is 1. The Balaban J connectivity index is 1.17. The van der Waals surface area contributed by atoms with Gasteiger partial charge in [0.15, 0.2) is 12.4 Å². The predicted octanol–water partition coefficient (Wildman–Crippen LogP) is 3.93. The summed E-state index contributed by atoms with van der Waals surface area (Å²) >= 11 is 0. The number of aliphatic hydroxyl groups is 1. The minimum atomic E-state index is -4.40. The number of alkyl halides is 3. The van der Waals surface area contributed by atoms with Gasteiger partial charge in [-0.2, -0.15) is 13.2 Å². The molecule has 1 atom stereocenters. The Morgan fingerprint density at radius 1 is 1.16 bits per heavy atom. The number of ether oxygens (including phenoxy) is 2. The first kappa shape index (κ1) is 27.4. The van der Waals surface area contributed by atoms with Crippen molar-refractivity contribution in [2.45, 2.75) is 64.1 Å². The maximum Gasteiger partial charge on any atom is 0.422 e. The Kier molecular flexibility index (Phi) is 9.07. The summed E-state index contributed by atoms with van der Waals surface area (Å²) in [6.07, 6.45) is 0.452. The van der Waals surface area contributed by atoms with Gasteiger partial charge >= 0.3 is 6.18 Å². The Hall–Kier alpha value is -2.66. The van der Waals surface area contributed by atoms with Crippen LogP contribution in [0.5, 0.6) is 11.8 Å². The molecule has 0 amide bonds. The highest BCUT2D eigenvalue weighted by molar-refractivity contribution is 5.80. The number of Topliss-reactive ketones (excluding diaryl/α,β-unsaturated/α-hetero) is 1. The van der Waals surface area contributed by atoms with E-state index >= 15 is 0 Å². The highest BCUT2D eigenvalue weighted by Gasteiger charge is 2.30. The number of aromatic nitrogens is 2. The van der Waals surface area contributed by atoms with Crippen molar-refractivity contribution in [1.29, 1.82) is 0 Å². The van der Waals surface area contributed by atoms with Crippen LogP contribution < -0.4 is 9.47 Å². The average Bonchev–Trinajstić information content (AvgIpc) is 3.18. The first-order valence-electron chi connectivity index (χ1n) is 12.8. The SMILES string of the molecule is Cc1cc(OCC(=O)CC2CCC(C(O)CN3CCc4ccc(OCC(F)(F)F)nc4CC3)CC2)no1. The summed E-state index contributed by atoms with van der Waals surface area (Å²) in [7, 11) is 0. The molecule has 1 unspecified atom stereocenters. The van der Waals surface area contributed by atoms with Crippen LogP contribution in [0.3, 0.4) is 0 Å². The molecule has 0 saturated heterocycles. The molecule has 2 aliphatic rings. The Bertz CT molecular complexity index is 1040. The molecule has 0 radical (unpaired) electrons. The van der Waals surface area contributed by atoms with Gasteiger partial charge < -0.3 is 24.0 Å². The molecule has 3 heterocycles. The largest absolute Gasteiger partial charge is 0.468 e. The van der Waals surface area contributed by atoms with E-state index in [0.29, 0.717) is 43.5 Å². The van der Waals surface area contributed by atoms with Crippen LogP contribution >= 0.6 is 0 Å². The average molecular weight is 526 g/mol. The minimum absolute atomic E-state index is 0.0143. The van der Waals surface area contributed by atoms with E-state index in [0.717, 1.165) is 49.9 Å². The van der Waals surface area contributed by atoms with Gasteiger partial charge in [-0.05, 0) is 61.6 Å². The van der Waals surface area contributed by atoms with Crippen molar-refractivity contribution in [1.82, 2.24) is 15.0 Å². The van der Waals surface area contributed by atoms with Gasteiger partial charge in [0.2, 0.25) is 5.88 Å². The second-order valence-corrected chi connectivity index (χ2v) is 10.1. The molecular formula is C26H34F3N3O5. The van der Waals surface area contributed by atoms with Gasteiger partial charge in [0.25, 0.3) is 5.88 Å². The Morgan fingerprint density at radius 2 is 1.92 bits per heavy atom. The normalized spacial score (nSPS) is 21.6. The fourth-order valence-electron chi connectivity index (χ4n) is 5.17. The second-order valence-electron chi connectivity index (χ2n) is 10.1. The summed E-state index contributed by atoms with van der Waals surface area (Å²) in [5.41, 5.74) is 1.76. The molecule has 2 aromatic rings. The molecular weight excluding hydrogens is 491 g/mol. The first-order chi connectivity index (χ1) is 17.6. The Labute approximate surface area is 214 Å². The van der Waals surface area contributed by atoms with E-state index in [1.54, 1.807) is 19.1 Å². The zero-order chi connectivity index (χ0) is 26.4. The van der Waals surface area contributed by atoms with Crippen molar-refractivity contribution < 1.29 is 37.1 Å². The van der Waals surface area contributed by atoms with Crippen LogP contribution in [0.1, 0.15) is 49.1 Å². The minimum Gasteiger partial charge on any atom is -0.468 e. The molecule has 0 aromatic carbocycles. The van der Waals surface area contributed by atoms with E-state index in [2.05, 4.69) is 15.0 Å². The number of hydrogen-bond acceptors (Lipinski definition) is 8. The van der Waals surface area contributed by atoms with Crippen LogP contribution in [0.2, 0.25) is 0 Å². The summed E-state index contributed by atoms with van der Waals surface area (Å²) in [6, 6.07) is 4.91. The third kappa shape index (κ3) is 8.43. The summed E-state index contributed by atoms with van der Waals surface area (Å²) < 4.78 is 52.4. The van der Waals surface area contributed by atoms with E-state index in [1.807, 2.05) is 0 Å². The Morgan fingerprint density at radius 3 is 2.62 bits per heavy atom. The molecule has 4 rings (SSSR count). The lowest BCUT2D eigenvalue weighted by Crippen LogP contribution is -2.39. The van der Waals surface area contributed by atoms with Gasteiger partial charge in [0, 0.05) is 50.3 Å². The zero-order valence-electron chi connectivity index (χ0n) is 21.0. The predicted molar refractivity (Wildman–Crippen MR) is 127 cm³/mol. The molecule has 204 valence electrons. The van der Waals surface area contributed by atoms with E-state index in [9.17, 15) is 23.1 Å². The highest BCUT2D eigenvalue weighted by atomic mass is 19.4. The number of aliphatic hydroxyl groups excluding tert-OH is 1. The smallest absolute Gasteiger partial charge is 0.422 e. The van der Waals surface area contributed by atoms with E-state index in [4.69, 9.17) is 14.0 Å². The number of carbonyl (C=O) groups is 1. The fraction of sp³-hybridized carbons (Fsp3) is 0.654. The quantitative estimate of drug-likeness (QED) is 0.499. The lowest BCUT2D eigenvalue weighted by atomic mass is 9.77. The third-order valence-corrected chi connectivity index (χ3v) is 7.17. The molecule has 8 nitrogen and oxygen atoms in total. The molecule has 11 heteroatoms. The van der Waals surface area contributed by atoms with Crippen molar-refractivity contribution >= 4 is 5.78 Å². The van der Waals surface area contributed by atoms with Crippen LogP contribution in [-0.2, 0) is 17.6 Å². The number of β-amino-alcohol motifs (C(OH)–C–C–N with tert-alkyl or cyclic N) is 1. The van der Waals surface area contributed by atoms with Crippen LogP contribution in [0.15, 0.2) is 22.7 Å². The molecule has 1 fully saturated rings. The third-order valence-electron chi connectivity index (χ3n) is 7.17.